The Balaban J connectivity index is 1.75. The molecule has 0 fully saturated rings. The maximum absolute atomic E-state index is 5.52. The number of nitrogens with zero attached hydrogens (tertiary/aromatic N) is 1. The Morgan fingerprint density at radius 2 is 2.00 bits per heavy atom. The highest BCUT2D eigenvalue weighted by molar-refractivity contribution is 7.18. The van der Waals surface area contributed by atoms with Gasteiger partial charge in [0.05, 0.1) is 23.4 Å². The number of aromatic nitrogens is 1. The average molecular weight is 284 g/mol. The third kappa shape index (κ3) is 2.91. The lowest BCUT2D eigenvalue weighted by Crippen LogP contribution is -1.97. The molecule has 3 rings (SSSR count). The lowest BCUT2D eigenvalue weighted by atomic mass is 10.3. The fourth-order valence-electron chi connectivity index (χ4n) is 2.02. The van der Waals surface area contributed by atoms with Crippen LogP contribution in [0, 0.1) is 0 Å². The Hall–Kier alpha value is -2.07. The third-order valence-electron chi connectivity index (χ3n) is 2.93. The molecule has 0 aliphatic heterocycles. The first-order valence-electron chi connectivity index (χ1n) is 6.66. The number of rotatable bonds is 5. The van der Waals surface area contributed by atoms with Crippen LogP contribution in [0.25, 0.3) is 10.2 Å². The zero-order chi connectivity index (χ0) is 13.8. The predicted molar refractivity (Wildman–Crippen MR) is 84.6 cm³/mol. The van der Waals surface area contributed by atoms with Crippen LogP contribution in [0.3, 0.4) is 0 Å². The van der Waals surface area contributed by atoms with Crippen LogP contribution in [-0.4, -0.2) is 11.6 Å². The molecule has 0 spiro atoms. The van der Waals surface area contributed by atoms with Crippen LogP contribution in [0.1, 0.15) is 11.9 Å². The standard InChI is InChI=1S/C16H16N2OS/c1-2-19-13-8-9-14-15(10-13)20-16(18-14)11-17-12-6-4-3-5-7-12/h3-10,17H,2,11H2,1H3. The zero-order valence-electron chi connectivity index (χ0n) is 11.3. The van der Waals surface area contributed by atoms with E-state index in [9.17, 15) is 0 Å². The highest BCUT2D eigenvalue weighted by Crippen LogP contribution is 2.26. The summed E-state index contributed by atoms with van der Waals surface area (Å²) in [6.45, 7) is 3.42. The van der Waals surface area contributed by atoms with Gasteiger partial charge in [-0.2, -0.15) is 0 Å². The highest BCUT2D eigenvalue weighted by atomic mass is 32.1. The summed E-state index contributed by atoms with van der Waals surface area (Å²) in [5.41, 5.74) is 2.14. The molecule has 102 valence electrons. The summed E-state index contributed by atoms with van der Waals surface area (Å²) in [6.07, 6.45) is 0. The average Bonchev–Trinajstić information content (AvgIpc) is 2.89. The molecule has 0 radical (unpaired) electrons. The SMILES string of the molecule is CCOc1ccc2nc(CNc3ccccc3)sc2c1. The molecular weight excluding hydrogens is 268 g/mol. The topological polar surface area (TPSA) is 34.1 Å². The Kier molecular flexibility index (Phi) is 3.83. The molecule has 0 saturated heterocycles. The van der Waals surface area contributed by atoms with E-state index in [1.165, 1.54) is 4.70 Å². The normalized spacial score (nSPS) is 10.7. The van der Waals surface area contributed by atoms with Gasteiger partial charge in [-0.1, -0.05) is 18.2 Å². The third-order valence-corrected chi connectivity index (χ3v) is 3.95. The number of hydrogen-bond donors (Lipinski definition) is 1. The summed E-state index contributed by atoms with van der Waals surface area (Å²) in [5.74, 6) is 0.909. The van der Waals surface area contributed by atoms with E-state index in [0.29, 0.717) is 6.61 Å². The van der Waals surface area contributed by atoms with Gasteiger partial charge in [0.2, 0.25) is 0 Å². The number of hydrogen-bond acceptors (Lipinski definition) is 4. The number of fused-ring (bicyclic) bond motifs is 1. The summed E-state index contributed by atoms with van der Waals surface area (Å²) in [6, 6.07) is 16.2. The molecule has 0 saturated carbocycles. The summed E-state index contributed by atoms with van der Waals surface area (Å²) in [4.78, 5) is 4.63. The molecule has 2 aromatic carbocycles. The Labute approximate surface area is 122 Å². The first-order valence-corrected chi connectivity index (χ1v) is 7.48. The van der Waals surface area contributed by atoms with Crippen LogP contribution in [-0.2, 0) is 6.54 Å². The number of thiazole rings is 1. The molecule has 0 aliphatic carbocycles. The van der Waals surface area contributed by atoms with Gasteiger partial charge in [0.25, 0.3) is 0 Å². The van der Waals surface area contributed by atoms with Crippen molar-refractivity contribution in [1.82, 2.24) is 4.98 Å². The van der Waals surface area contributed by atoms with Crippen molar-refractivity contribution in [3.63, 3.8) is 0 Å². The van der Waals surface area contributed by atoms with Crippen LogP contribution >= 0.6 is 11.3 Å². The molecule has 1 heterocycles. The lowest BCUT2D eigenvalue weighted by Gasteiger charge is -2.02. The summed E-state index contributed by atoms with van der Waals surface area (Å²) in [5, 5.41) is 4.46. The molecule has 0 atom stereocenters. The van der Waals surface area contributed by atoms with Crippen LogP contribution in [0.2, 0.25) is 0 Å². The minimum atomic E-state index is 0.687. The number of ether oxygens (including phenoxy) is 1. The molecular formula is C16H16N2OS. The second-order valence-corrected chi connectivity index (χ2v) is 5.50. The van der Waals surface area contributed by atoms with E-state index in [1.54, 1.807) is 11.3 Å². The van der Waals surface area contributed by atoms with E-state index in [2.05, 4.69) is 28.5 Å². The molecule has 0 aliphatic rings. The minimum absolute atomic E-state index is 0.687. The molecule has 1 N–H and O–H groups in total. The highest BCUT2D eigenvalue weighted by Gasteiger charge is 2.05. The molecule has 0 bridgehead atoms. The fraction of sp³-hybridized carbons (Fsp3) is 0.188. The van der Waals surface area contributed by atoms with Gasteiger partial charge >= 0.3 is 0 Å². The van der Waals surface area contributed by atoms with E-state index in [1.807, 2.05) is 37.3 Å². The van der Waals surface area contributed by atoms with Gasteiger partial charge in [0, 0.05) is 5.69 Å². The van der Waals surface area contributed by atoms with Crippen molar-refractivity contribution >= 4 is 27.2 Å². The van der Waals surface area contributed by atoms with Crippen LogP contribution in [0.5, 0.6) is 5.75 Å². The second-order valence-electron chi connectivity index (χ2n) is 4.39. The smallest absolute Gasteiger partial charge is 0.120 e. The van der Waals surface area contributed by atoms with Crippen molar-refractivity contribution in [3.8, 4) is 5.75 Å². The van der Waals surface area contributed by atoms with Crippen LogP contribution in [0.15, 0.2) is 48.5 Å². The van der Waals surface area contributed by atoms with Crippen molar-refractivity contribution in [2.45, 2.75) is 13.5 Å². The van der Waals surface area contributed by atoms with Gasteiger partial charge in [-0.3, -0.25) is 0 Å². The fourth-order valence-corrected chi connectivity index (χ4v) is 2.95. The molecule has 4 heteroatoms. The second kappa shape index (κ2) is 5.92. The molecule has 3 nitrogen and oxygen atoms in total. The Bertz CT molecular complexity index is 694. The molecule has 20 heavy (non-hydrogen) atoms. The Morgan fingerprint density at radius 1 is 1.15 bits per heavy atom. The quantitative estimate of drug-likeness (QED) is 0.758. The maximum atomic E-state index is 5.52. The van der Waals surface area contributed by atoms with E-state index < -0.39 is 0 Å². The number of para-hydroxylation sites is 1. The summed E-state index contributed by atoms with van der Waals surface area (Å²) >= 11 is 1.70. The largest absolute Gasteiger partial charge is 0.494 e. The van der Waals surface area contributed by atoms with Crippen molar-refractivity contribution in [1.29, 1.82) is 0 Å². The van der Waals surface area contributed by atoms with E-state index in [-0.39, 0.29) is 0 Å². The first-order chi connectivity index (χ1) is 9.85. The van der Waals surface area contributed by atoms with E-state index in [4.69, 9.17) is 4.74 Å². The van der Waals surface area contributed by atoms with Gasteiger partial charge in [-0.05, 0) is 37.3 Å². The van der Waals surface area contributed by atoms with Crippen molar-refractivity contribution in [2.75, 3.05) is 11.9 Å². The number of nitrogens with one attached hydrogen (secondary N) is 1. The molecule has 0 amide bonds. The molecule has 0 unspecified atom stereocenters. The van der Waals surface area contributed by atoms with Gasteiger partial charge in [-0.25, -0.2) is 4.98 Å². The van der Waals surface area contributed by atoms with Crippen LogP contribution in [0.4, 0.5) is 5.69 Å². The van der Waals surface area contributed by atoms with Crippen LogP contribution < -0.4 is 10.1 Å². The number of benzene rings is 2. The van der Waals surface area contributed by atoms with Gasteiger partial charge in [-0.15, -0.1) is 11.3 Å². The molecule has 3 aromatic rings. The van der Waals surface area contributed by atoms with Crippen molar-refractivity contribution in [3.05, 3.63) is 53.5 Å². The monoisotopic (exact) mass is 284 g/mol. The summed E-state index contributed by atoms with van der Waals surface area (Å²) < 4.78 is 6.68. The van der Waals surface area contributed by atoms with E-state index >= 15 is 0 Å². The molecule has 1 aromatic heterocycles. The van der Waals surface area contributed by atoms with E-state index in [0.717, 1.165) is 28.5 Å². The van der Waals surface area contributed by atoms with Crippen molar-refractivity contribution in [2.24, 2.45) is 0 Å². The Morgan fingerprint density at radius 3 is 2.80 bits per heavy atom. The zero-order valence-corrected chi connectivity index (χ0v) is 12.1. The number of anilines is 1. The van der Waals surface area contributed by atoms with Gasteiger partial charge in [0.1, 0.15) is 10.8 Å². The maximum Gasteiger partial charge on any atom is 0.120 e. The van der Waals surface area contributed by atoms with Gasteiger partial charge < -0.3 is 10.1 Å². The predicted octanol–water partition coefficient (Wildman–Crippen LogP) is 4.31. The first kappa shape index (κ1) is 12.9. The minimum Gasteiger partial charge on any atom is -0.494 e. The van der Waals surface area contributed by atoms with Gasteiger partial charge in [0.15, 0.2) is 0 Å². The summed E-state index contributed by atoms with van der Waals surface area (Å²) in [7, 11) is 0. The lowest BCUT2D eigenvalue weighted by molar-refractivity contribution is 0.341. The van der Waals surface area contributed by atoms with Crippen molar-refractivity contribution < 1.29 is 4.74 Å².